The van der Waals surface area contributed by atoms with Gasteiger partial charge in [0.1, 0.15) is 0 Å². The Kier molecular flexibility index (Phi) is 5.05. The molecule has 168 valence electrons. The molecule has 3 aromatic rings. The minimum Gasteiger partial charge on any atom is -0.0760 e. The summed E-state index contributed by atoms with van der Waals surface area (Å²) in [5.41, 5.74) is 13.0. The minimum absolute atomic E-state index is 0.137. The maximum absolute atomic E-state index is 2.48. The summed E-state index contributed by atoms with van der Waals surface area (Å²) in [5.74, 6) is 0.658. The van der Waals surface area contributed by atoms with Crippen molar-refractivity contribution in [2.75, 3.05) is 0 Å². The van der Waals surface area contributed by atoms with E-state index < -0.39 is 0 Å². The highest BCUT2D eigenvalue weighted by Crippen LogP contribution is 2.49. The zero-order chi connectivity index (χ0) is 23.5. The van der Waals surface area contributed by atoms with Gasteiger partial charge in [0.25, 0.3) is 0 Å². The molecule has 0 aliphatic heterocycles. The third-order valence-electron chi connectivity index (χ3n) is 7.50. The fourth-order valence-electron chi connectivity index (χ4n) is 5.42. The van der Waals surface area contributed by atoms with E-state index in [1.165, 1.54) is 50.1 Å². The first-order valence-corrected chi connectivity index (χ1v) is 12.3. The monoisotopic (exact) mass is 432 g/mol. The average Bonchev–Trinajstić information content (AvgIpc) is 3.24. The molecule has 1 atom stereocenters. The Hall–Kier alpha value is -2.86. The summed E-state index contributed by atoms with van der Waals surface area (Å²) < 4.78 is 0. The van der Waals surface area contributed by atoms with Crippen LogP contribution in [-0.2, 0) is 10.8 Å². The van der Waals surface area contributed by atoms with Crippen molar-refractivity contribution in [2.24, 2.45) is 0 Å². The summed E-state index contributed by atoms with van der Waals surface area (Å²) in [6.07, 6.45) is 7.28. The summed E-state index contributed by atoms with van der Waals surface area (Å²) in [7, 11) is 0. The molecule has 2 aliphatic rings. The molecule has 0 amide bonds. The lowest BCUT2D eigenvalue weighted by Gasteiger charge is -2.22. The number of allylic oxidation sites excluding steroid dienone is 3. The first-order chi connectivity index (χ1) is 15.5. The normalized spacial score (nSPS) is 17.8. The molecule has 0 radical (unpaired) electrons. The lowest BCUT2D eigenvalue weighted by Crippen LogP contribution is -2.12. The van der Waals surface area contributed by atoms with Crippen molar-refractivity contribution >= 4 is 6.08 Å². The summed E-state index contributed by atoms with van der Waals surface area (Å²) in [4.78, 5) is 0. The van der Waals surface area contributed by atoms with E-state index in [2.05, 4.69) is 127 Å². The van der Waals surface area contributed by atoms with Crippen LogP contribution in [0.1, 0.15) is 93.7 Å². The third kappa shape index (κ3) is 3.80. The highest BCUT2D eigenvalue weighted by molar-refractivity contribution is 5.81. The predicted octanol–water partition coefficient (Wildman–Crippen LogP) is 9.15. The molecule has 2 aliphatic carbocycles. The molecule has 0 saturated heterocycles. The van der Waals surface area contributed by atoms with Crippen LogP contribution in [0.5, 0.6) is 0 Å². The maximum Gasteiger partial charge on any atom is 0.0282 e. The third-order valence-corrected chi connectivity index (χ3v) is 7.50. The van der Waals surface area contributed by atoms with Gasteiger partial charge in [0, 0.05) is 11.8 Å². The molecular formula is C33H36. The molecule has 0 bridgehead atoms. The van der Waals surface area contributed by atoms with Crippen molar-refractivity contribution in [3.05, 3.63) is 112 Å². The molecule has 0 N–H and O–H groups in total. The van der Waals surface area contributed by atoms with Gasteiger partial charge in [-0.05, 0) is 62.3 Å². The van der Waals surface area contributed by atoms with E-state index in [4.69, 9.17) is 0 Å². The highest BCUT2D eigenvalue weighted by atomic mass is 14.3. The molecule has 5 rings (SSSR count). The number of hydrogen-bond acceptors (Lipinski definition) is 0. The molecule has 0 aromatic heterocycles. The van der Waals surface area contributed by atoms with Crippen molar-refractivity contribution in [3.8, 4) is 11.1 Å². The molecule has 33 heavy (non-hydrogen) atoms. The average molecular weight is 433 g/mol. The van der Waals surface area contributed by atoms with Gasteiger partial charge in [0.15, 0.2) is 0 Å². The van der Waals surface area contributed by atoms with Crippen LogP contribution in [0.3, 0.4) is 0 Å². The van der Waals surface area contributed by atoms with E-state index in [1.54, 1.807) is 0 Å². The second-order valence-corrected chi connectivity index (χ2v) is 12.0. The zero-order valence-electron chi connectivity index (χ0n) is 21.2. The van der Waals surface area contributed by atoms with Gasteiger partial charge in [-0.15, -0.1) is 0 Å². The van der Waals surface area contributed by atoms with Gasteiger partial charge >= 0.3 is 0 Å². The van der Waals surface area contributed by atoms with E-state index in [0.717, 1.165) is 0 Å². The molecule has 0 fully saturated rings. The summed E-state index contributed by atoms with van der Waals surface area (Å²) in [6.45, 7) is 16.1. The van der Waals surface area contributed by atoms with Gasteiger partial charge in [-0.1, -0.05) is 126 Å². The zero-order valence-corrected chi connectivity index (χ0v) is 21.2. The van der Waals surface area contributed by atoms with Crippen LogP contribution in [0.4, 0.5) is 0 Å². The van der Waals surface area contributed by atoms with E-state index in [1.807, 2.05) is 0 Å². The van der Waals surface area contributed by atoms with E-state index in [0.29, 0.717) is 11.8 Å². The van der Waals surface area contributed by atoms with Crippen molar-refractivity contribution in [2.45, 2.75) is 71.1 Å². The van der Waals surface area contributed by atoms with E-state index in [9.17, 15) is 0 Å². The van der Waals surface area contributed by atoms with Gasteiger partial charge in [-0.25, -0.2) is 0 Å². The van der Waals surface area contributed by atoms with E-state index in [-0.39, 0.29) is 10.8 Å². The Morgan fingerprint density at radius 3 is 1.67 bits per heavy atom. The van der Waals surface area contributed by atoms with Crippen LogP contribution in [0.2, 0.25) is 0 Å². The first kappa shape index (κ1) is 22.0. The van der Waals surface area contributed by atoms with Crippen molar-refractivity contribution < 1.29 is 0 Å². The Morgan fingerprint density at radius 1 is 0.606 bits per heavy atom. The van der Waals surface area contributed by atoms with Crippen LogP contribution in [-0.4, -0.2) is 0 Å². The van der Waals surface area contributed by atoms with Crippen LogP contribution in [0.15, 0.2) is 78.4 Å². The molecule has 1 unspecified atom stereocenters. The predicted molar refractivity (Wildman–Crippen MR) is 143 cm³/mol. The highest BCUT2D eigenvalue weighted by Gasteiger charge is 2.31. The number of benzene rings is 3. The minimum atomic E-state index is 0.137. The fourth-order valence-corrected chi connectivity index (χ4v) is 5.42. The van der Waals surface area contributed by atoms with Crippen LogP contribution >= 0.6 is 0 Å². The summed E-state index contributed by atoms with van der Waals surface area (Å²) >= 11 is 0. The van der Waals surface area contributed by atoms with Gasteiger partial charge in [-0.3, -0.25) is 0 Å². The van der Waals surface area contributed by atoms with Crippen LogP contribution in [0.25, 0.3) is 17.2 Å². The number of fused-ring (bicyclic) bond motifs is 4. The standard InChI is InChI=1S/C33H36/c1-21-18-22-10-8-9-11-26(22)25(21)16-17-29-30-19-23(32(2,3)4)12-14-27(30)28-15-13-24(20-31(28)29)33(5,6)7/h8-20,25,29H,1-7H3/b17-16+. The molecule has 0 saturated carbocycles. The number of rotatable bonds is 2. The second kappa shape index (κ2) is 7.59. The topological polar surface area (TPSA) is 0 Å². The molecule has 0 spiro atoms. The lowest BCUT2D eigenvalue weighted by molar-refractivity contribution is 0.589. The molecule has 3 aromatic carbocycles. The first-order valence-electron chi connectivity index (χ1n) is 12.3. The van der Waals surface area contributed by atoms with Crippen LogP contribution in [0, 0.1) is 0 Å². The number of hydrogen-bond donors (Lipinski definition) is 0. The van der Waals surface area contributed by atoms with Gasteiger partial charge < -0.3 is 0 Å². The van der Waals surface area contributed by atoms with Gasteiger partial charge in [0.05, 0.1) is 0 Å². The van der Waals surface area contributed by atoms with E-state index >= 15 is 0 Å². The Bertz CT molecular complexity index is 1220. The van der Waals surface area contributed by atoms with Crippen molar-refractivity contribution in [1.82, 2.24) is 0 Å². The molecule has 0 heteroatoms. The van der Waals surface area contributed by atoms with Gasteiger partial charge in [-0.2, -0.15) is 0 Å². The Labute approximate surface area is 200 Å². The fraction of sp³-hybridized carbons (Fsp3) is 0.333. The Balaban J connectivity index is 1.63. The Morgan fingerprint density at radius 2 is 1.12 bits per heavy atom. The van der Waals surface area contributed by atoms with Crippen molar-refractivity contribution in [3.63, 3.8) is 0 Å². The SMILES string of the molecule is CC1=Cc2ccccc2C1/C=C/C1c2cc(C(C)(C)C)ccc2-c2ccc(C(C)(C)C)cc21. The second-order valence-electron chi connectivity index (χ2n) is 12.0. The van der Waals surface area contributed by atoms with Gasteiger partial charge in [0.2, 0.25) is 0 Å². The van der Waals surface area contributed by atoms with Crippen LogP contribution < -0.4 is 0 Å². The molecular weight excluding hydrogens is 396 g/mol. The summed E-state index contributed by atoms with van der Waals surface area (Å²) in [6, 6.07) is 23.1. The largest absolute Gasteiger partial charge is 0.0760 e. The quantitative estimate of drug-likeness (QED) is 0.354. The summed E-state index contributed by atoms with van der Waals surface area (Å²) in [5, 5.41) is 0. The molecule has 0 heterocycles. The van der Waals surface area contributed by atoms with Crippen molar-refractivity contribution in [1.29, 1.82) is 0 Å². The molecule has 0 nitrogen and oxygen atoms in total. The lowest BCUT2D eigenvalue weighted by atomic mass is 9.83. The maximum atomic E-state index is 2.48. The smallest absolute Gasteiger partial charge is 0.0282 e.